The molecular formula is C14H16ClN5O2S. The number of tetrazole rings is 1. The number of benzene rings is 1. The van der Waals surface area contributed by atoms with Gasteiger partial charge in [-0.1, -0.05) is 29.4 Å². The summed E-state index contributed by atoms with van der Waals surface area (Å²) < 4.78 is 7.27. The van der Waals surface area contributed by atoms with Crippen molar-refractivity contribution in [1.29, 1.82) is 0 Å². The van der Waals surface area contributed by atoms with E-state index in [1.54, 1.807) is 28.9 Å². The summed E-state index contributed by atoms with van der Waals surface area (Å²) in [5, 5.41) is 15.6. The van der Waals surface area contributed by atoms with Crippen LogP contribution in [0.25, 0.3) is 0 Å². The Labute approximate surface area is 142 Å². The molecule has 1 aromatic carbocycles. The van der Waals surface area contributed by atoms with Crippen molar-refractivity contribution in [2.24, 2.45) is 0 Å². The lowest BCUT2D eigenvalue weighted by molar-refractivity contribution is -0.113. The number of nitrogens with zero attached hydrogens (tertiary/aromatic N) is 4. The number of aromatic nitrogens is 4. The summed E-state index contributed by atoms with van der Waals surface area (Å²) in [6.45, 7) is 1.41. The molecule has 0 aliphatic carbocycles. The second kappa shape index (κ2) is 7.76. The second-order valence-electron chi connectivity index (χ2n) is 5.13. The molecule has 0 spiro atoms. The molecule has 2 aromatic rings. The number of halogens is 1. The van der Waals surface area contributed by atoms with Gasteiger partial charge in [0.25, 0.3) is 0 Å². The molecule has 1 aliphatic rings. The maximum absolute atomic E-state index is 12.0. The number of anilines is 1. The predicted molar refractivity (Wildman–Crippen MR) is 87.6 cm³/mol. The van der Waals surface area contributed by atoms with Crippen molar-refractivity contribution in [3.63, 3.8) is 0 Å². The molecule has 9 heteroatoms. The van der Waals surface area contributed by atoms with E-state index >= 15 is 0 Å². The average molecular weight is 354 g/mol. The Morgan fingerprint density at radius 3 is 3.22 bits per heavy atom. The SMILES string of the molecule is O=C(CSc1nnnn1CC1CCCO1)Nc1cccc(Cl)c1. The Morgan fingerprint density at radius 2 is 2.43 bits per heavy atom. The molecule has 1 N–H and O–H groups in total. The number of carbonyl (C=O) groups excluding carboxylic acids is 1. The first-order valence-corrected chi connectivity index (χ1v) is 8.63. The van der Waals surface area contributed by atoms with Gasteiger partial charge in [0, 0.05) is 17.3 Å². The van der Waals surface area contributed by atoms with Gasteiger partial charge in [0.15, 0.2) is 0 Å². The van der Waals surface area contributed by atoms with Crippen LogP contribution in [-0.4, -0.2) is 44.6 Å². The van der Waals surface area contributed by atoms with Gasteiger partial charge >= 0.3 is 0 Å². The monoisotopic (exact) mass is 353 g/mol. The van der Waals surface area contributed by atoms with Crippen LogP contribution in [0.3, 0.4) is 0 Å². The zero-order valence-corrected chi connectivity index (χ0v) is 13.9. The van der Waals surface area contributed by atoms with E-state index in [4.69, 9.17) is 16.3 Å². The number of carbonyl (C=O) groups is 1. The van der Waals surface area contributed by atoms with Crippen molar-refractivity contribution >= 4 is 35.0 Å². The fourth-order valence-corrected chi connectivity index (χ4v) is 3.17. The van der Waals surface area contributed by atoms with Crippen molar-refractivity contribution in [2.75, 3.05) is 17.7 Å². The third-order valence-electron chi connectivity index (χ3n) is 3.34. The minimum Gasteiger partial charge on any atom is -0.376 e. The molecule has 0 saturated carbocycles. The maximum atomic E-state index is 12.0. The fraction of sp³-hybridized carbons (Fsp3) is 0.429. The highest BCUT2D eigenvalue weighted by molar-refractivity contribution is 7.99. The molecule has 1 amide bonds. The van der Waals surface area contributed by atoms with Crippen LogP contribution in [0, 0.1) is 0 Å². The Hall–Kier alpha value is -1.64. The van der Waals surface area contributed by atoms with Gasteiger partial charge < -0.3 is 10.1 Å². The summed E-state index contributed by atoms with van der Waals surface area (Å²) >= 11 is 7.19. The van der Waals surface area contributed by atoms with Crippen LogP contribution in [0.15, 0.2) is 29.4 Å². The molecule has 1 unspecified atom stereocenters. The molecule has 2 heterocycles. The molecule has 7 nitrogen and oxygen atoms in total. The van der Waals surface area contributed by atoms with Gasteiger partial charge in [0.2, 0.25) is 11.1 Å². The van der Waals surface area contributed by atoms with Crippen molar-refractivity contribution in [1.82, 2.24) is 20.2 Å². The first kappa shape index (κ1) is 16.2. The van der Waals surface area contributed by atoms with E-state index in [-0.39, 0.29) is 17.8 Å². The summed E-state index contributed by atoms with van der Waals surface area (Å²) in [6, 6.07) is 7.03. The number of hydrogen-bond donors (Lipinski definition) is 1. The Balaban J connectivity index is 1.52. The summed E-state index contributed by atoms with van der Waals surface area (Å²) in [4.78, 5) is 12.0. The van der Waals surface area contributed by atoms with Gasteiger partial charge in [0.05, 0.1) is 18.4 Å². The summed E-state index contributed by atoms with van der Waals surface area (Å²) in [6.07, 6.45) is 2.23. The number of nitrogens with one attached hydrogen (secondary N) is 1. The van der Waals surface area contributed by atoms with Gasteiger partial charge in [-0.2, -0.15) is 0 Å². The minimum absolute atomic E-state index is 0.135. The number of thioether (sulfide) groups is 1. The highest BCUT2D eigenvalue weighted by Gasteiger charge is 2.19. The van der Waals surface area contributed by atoms with E-state index in [0.717, 1.165) is 19.4 Å². The van der Waals surface area contributed by atoms with Gasteiger partial charge in [-0.25, -0.2) is 4.68 Å². The molecule has 3 rings (SSSR count). The largest absolute Gasteiger partial charge is 0.376 e. The standard InChI is InChI=1S/C14H16ClN5O2S/c15-10-3-1-4-11(7-10)16-13(21)9-23-14-17-18-19-20(14)8-12-5-2-6-22-12/h1,3-4,7,12H,2,5-6,8-9H2,(H,16,21). The lowest BCUT2D eigenvalue weighted by atomic mass is 10.2. The van der Waals surface area contributed by atoms with Crippen LogP contribution in [0.5, 0.6) is 0 Å². The highest BCUT2D eigenvalue weighted by Crippen LogP contribution is 2.19. The van der Waals surface area contributed by atoms with Gasteiger partial charge in [-0.05, 0) is 41.5 Å². The van der Waals surface area contributed by atoms with Crippen molar-refractivity contribution in [3.05, 3.63) is 29.3 Å². The Bertz CT molecular complexity index is 675. The van der Waals surface area contributed by atoms with Crippen LogP contribution in [0.1, 0.15) is 12.8 Å². The normalized spacial score (nSPS) is 17.3. The third kappa shape index (κ3) is 4.66. The molecule has 0 radical (unpaired) electrons. The summed E-state index contributed by atoms with van der Waals surface area (Å²) in [5.74, 6) is 0.0854. The van der Waals surface area contributed by atoms with Crippen LogP contribution in [0.4, 0.5) is 5.69 Å². The summed E-state index contributed by atoms with van der Waals surface area (Å²) in [5.41, 5.74) is 0.669. The minimum atomic E-state index is -0.135. The zero-order chi connectivity index (χ0) is 16.1. The van der Waals surface area contributed by atoms with Crippen LogP contribution >= 0.6 is 23.4 Å². The Kier molecular flexibility index (Phi) is 5.47. The molecule has 1 saturated heterocycles. The number of hydrogen-bond acceptors (Lipinski definition) is 6. The Morgan fingerprint density at radius 1 is 1.52 bits per heavy atom. The first-order valence-electron chi connectivity index (χ1n) is 7.27. The van der Waals surface area contributed by atoms with E-state index in [9.17, 15) is 4.79 Å². The second-order valence-corrected chi connectivity index (χ2v) is 6.50. The highest BCUT2D eigenvalue weighted by atomic mass is 35.5. The fourth-order valence-electron chi connectivity index (χ4n) is 2.29. The number of amides is 1. The van der Waals surface area contributed by atoms with E-state index in [1.807, 2.05) is 0 Å². The average Bonchev–Trinajstić information content (AvgIpc) is 3.18. The topological polar surface area (TPSA) is 81.9 Å². The zero-order valence-electron chi connectivity index (χ0n) is 12.3. The molecule has 23 heavy (non-hydrogen) atoms. The smallest absolute Gasteiger partial charge is 0.234 e. The maximum Gasteiger partial charge on any atom is 0.234 e. The molecular weight excluding hydrogens is 338 g/mol. The molecule has 122 valence electrons. The van der Waals surface area contributed by atoms with Gasteiger partial charge in [-0.3, -0.25) is 4.79 Å². The lowest BCUT2D eigenvalue weighted by Crippen LogP contribution is -2.18. The molecule has 1 fully saturated rings. The molecule has 1 atom stereocenters. The molecule has 1 aliphatic heterocycles. The first-order chi connectivity index (χ1) is 11.2. The van der Waals surface area contributed by atoms with Crippen molar-refractivity contribution < 1.29 is 9.53 Å². The van der Waals surface area contributed by atoms with E-state index < -0.39 is 0 Å². The van der Waals surface area contributed by atoms with Crippen LogP contribution in [-0.2, 0) is 16.1 Å². The number of rotatable bonds is 6. The molecule has 1 aromatic heterocycles. The van der Waals surface area contributed by atoms with Gasteiger partial charge in [-0.15, -0.1) is 5.10 Å². The van der Waals surface area contributed by atoms with E-state index in [1.165, 1.54) is 11.8 Å². The lowest BCUT2D eigenvalue weighted by Gasteiger charge is -2.10. The predicted octanol–water partition coefficient (Wildman–Crippen LogP) is 2.24. The van der Waals surface area contributed by atoms with E-state index in [0.29, 0.717) is 22.4 Å². The van der Waals surface area contributed by atoms with E-state index in [2.05, 4.69) is 20.8 Å². The van der Waals surface area contributed by atoms with Crippen LogP contribution in [0.2, 0.25) is 5.02 Å². The van der Waals surface area contributed by atoms with Crippen molar-refractivity contribution in [3.8, 4) is 0 Å². The van der Waals surface area contributed by atoms with Gasteiger partial charge in [0.1, 0.15) is 0 Å². The quantitative estimate of drug-likeness (QED) is 0.802. The molecule has 0 bridgehead atoms. The number of ether oxygens (including phenoxy) is 1. The van der Waals surface area contributed by atoms with Crippen LogP contribution < -0.4 is 5.32 Å². The van der Waals surface area contributed by atoms with Crippen molar-refractivity contribution in [2.45, 2.75) is 30.6 Å². The summed E-state index contributed by atoms with van der Waals surface area (Å²) in [7, 11) is 0. The third-order valence-corrected chi connectivity index (χ3v) is 4.53.